The minimum atomic E-state index is -0.766. The van der Waals surface area contributed by atoms with Gasteiger partial charge in [0.1, 0.15) is 0 Å². The first kappa shape index (κ1) is 39.0. The van der Waals surface area contributed by atoms with E-state index in [9.17, 15) is 9.59 Å². The Morgan fingerprint density at radius 2 is 1.14 bits per heavy atom. The maximum absolute atomic E-state index is 14.5. The molecule has 0 amide bonds. The van der Waals surface area contributed by atoms with Crippen LogP contribution >= 0.6 is 0 Å². The van der Waals surface area contributed by atoms with E-state index >= 15 is 0 Å². The van der Waals surface area contributed by atoms with Crippen LogP contribution < -0.4 is 0 Å². The largest absolute Gasteiger partial charge is 0.465 e. The molecule has 1 fully saturated rings. The summed E-state index contributed by atoms with van der Waals surface area (Å²) in [5, 5.41) is 0. The lowest BCUT2D eigenvalue weighted by Gasteiger charge is -2.54. The van der Waals surface area contributed by atoms with E-state index in [0.717, 1.165) is 115 Å². The molecule has 1 saturated carbocycles. The van der Waals surface area contributed by atoms with Crippen LogP contribution in [0.4, 0.5) is 0 Å². The van der Waals surface area contributed by atoms with Gasteiger partial charge in [-0.3, -0.25) is 9.59 Å². The summed E-state index contributed by atoms with van der Waals surface area (Å²) in [6.45, 7) is 16.7. The summed E-state index contributed by atoms with van der Waals surface area (Å²) in [6, 6.07) is 0. The highest BCUT2D eigenvalue weighted by molar-refractivity contribution is 5.89. The van der Waals surface area contributed by atoms with Crippen molar-refractivity contribution in [2.45, 2.75) is 190 Å². The highest BCUT2D eigenvalue weighted by Crippen LogP contribution is 2.61. The normalized spacial score (nSPS) is 22.5. The third-order valence-corrected chi connectivity index (χ3v) is 10.1. The monoisotopic (exact) mass is 593 g/mol. The predicted molar refractivity (Wildman–Crippen MR) is 179 cm³/mol. The number of hydrogen-bond acceptors (Lipinski definition) is 4. The Morgan fingerprint density at radius 3 is 1.67 bits per heavy atom. The van der Waals surface area contributed by atoms with Crippen molar-refractivity contribution in [2.24, 2.45) is 28.6 Å². The van der Waals surface area contributed by atoms with Crippen LogP contribution in [0.3, 0.4) is 0 Å². The zero-order chi connectivity index (χ0) is 31.3. The van der Waals surface area contributed by atoms with Crippen LogP contribution in [0.1, 0.15) is 190 Å². The van der Waals surface area contributed by atoms with Crippen LogP contribution in [0.5, 0.6) is 0 Å². The second-order valence-electron chi connectivity index (χ2n) is 14.5. The first-order chi connectivity index (χ1) is 20.2. The Balaban J connectivity index is 3.20. The SMILES string of the molecule is CCCCC1CCCC(CCCC)(C(=O)OCCCCCCC(C)C)C1(CCCC)C(=O)OCCCCCCC(C)C. The summed E-state index contributed by atoms with van der Waals surface area (Å²) in [4.78, 5) is 28.9. The Morgan fingerprint density at radius 1 is 0.643 bits per heavy atom. The van der Waals surface area contributed by atoms with Crippen LogP contribution in [-0.4, -0.2) is 25.2 Å². The third kappa shape index (κ3) is 12.5. The molecule has 3 unspecified atom stereocenters. The third-order valence-electron chi connectivity index (χ3n) is 10.1. The quantitative estimate of drug-likeness (QED) is 0.0781. The number of esters is 2. The summed E-state index contributed by atoms with van der Waals surface area (Å²) in [7, 11) is 0. The lowest BCUT2D eigenvalue weighted by atomic mass is 9.47. The Kier molecular flexibility index (Phi) is 20.8. The van der Waals surface area contributed by atoms with E-state index in [-0.39, 0.29) is 17.9 Å². The standard InChI is InChI=1S/C38H72O4/c1-8-11-25-34-26-22-28-37(27-12-9-2,35(39)41-30-20-16-14-18-23-32(4)5)38(34,29-13-10-3)36(40)42-31-21-17-15-19-24-33(6)7/h32-34H,8-31H2,1-7H3. The fraction of sp³-hybridized carbons (Fsp3) is 0.947. The van der Waals surface area contributed by atoms with Gasteiger partial charge < -0.3 is 9.47 Å². The Bertz CT molecular complexity index is 701. The van der Waals surface area contributed by atoms with Crippen LogP contribution in [0.25, 0.3) is 0 Å². The lowest BCUT2D eigenvalue weighted by molar-refractivity contribution is -0.199. The van der Waals surface area contributed by atoms with Crippen LogP contribution in [-0.2, 0) is 19.1 Å². The molecule has 0 aromatic rings. The molecular weight excluding hydrogens is 520 g/mol. The van der Waals surface area contributed by atoms with Crippen LogP contribution in [0.2, 0.25) is 0 Å². The molecule has 0 bridgehead atoms. The number of rotatable bonds is 25. The van der Waals surface area contributed by atoms with Gasteiger partial charge in [0, 0.05) is 0 Å². The molecule has 3 atom stereocenters. The second-order valence-corrected chi connectivity index (χ2v) is 14.5. The Hall–Kier alpha value is -1.06. The van der Waals surface area contributed by atoms with Crippen LogP contribution in [0, 0.1) is 28.6 Å². The van der Waals surface area contributed by atoms with Gasteiger partial charge in [0.25, 0.3) is 0 Å². The first-order valence-electron chi connectivity index (χ1n) is 18.6. The molecule has 42 heavy (non-hydrogen) atoms. The van der Waals surface area contributed by atoms with Gasteiger partial charge >= 0.3 is 11.9 Å². The topological polar surface area (TPSA) is 52.6 Å². The number of hydrogen-bond donors (Lipinski definition) is 0. The van der Waals surface area contributed by atoms with Crippen molar-refractivity contribution in [3.63, 3.8) is 0 Å². The molecule has 0 aromatic carbocycles. The fourth-order valence-corrected chi connectivity index (χ4v) is 7.54. The second kappa shape index (κ2) is 22.4. The van der Waals surface area contributed by atoms with E-state index in [1.54, 1.807) is 0 Å². The maximum atomic E-state index is 14.5. The van der Waals surface area contributed by atoms with E-state index in [2.05, 4.69) is 48.5 Å². The first-order valence-corrected chi connectivity index (χ1v) is 18.6. The number of carbonyl (C=O) groups is 2. The highest BCUT2D eigenvalue weighted by Gasteiger charge is 2.65. The van der Waals surface area contributed by atoms with Gasteiger partial charge in [-0.25, -0.2) is 0 Å². The maximum Gasteiger partial charge on any atom is 0.313 e. The highest BCUT2D eigenvalue weighted by atomic mass is 16.5. The molecule has 0 radical (unpaired) electrons. The lowest BCUT2D eigenvalue weighted by Crippen LogP contribution is -2.60. The summed E-state index contributed by atoms with van der Waals surface area (Å²) in [5.74, 6) is 1.50. The summed E-state index contributed by atoms with van der Waals surface area (Å²) in [6.07, 6.45) is 22.8. The average molecular weight is 593 g/mol. The molecule has 4 heteroatoms. The fourth-order valence-electron chi connectivity index (χ4n) is 7.54. The molecule has 0 aromatic heterocycles. The molecule has 0 N–H and O–H groups in total. The minimum Gasteiger partial charge on any atom is -0.465 e. The molecule has 1 aliphatic carbocycles. The van der Waals surface area contributed by atoms with Crippen molar-refractivity contribution in [2.75, 3.05) is 13.2 Å². The molecule has 248 valence electrons. The van der Waals surface area contributed by atoms with Gasteiger partial charge in [0.2, 0.25) is 0 Å². The number of ether oxygens (including phenoxy) is 2. The van der Waals surface area contributed by atoms with Crippen LogP contribution in [0.15, 0.2) is 0 Å². The van der Waals surface area contributed by atoms with Gasteiger partial charge in [0.15, 0.2) is 0 Å². The van der Waals surface area contributed by atoms with Crippen molar-refractivity contribution in [1.82, 2.24) is 0 Å². The molecule has 1 rings (SSSR count). The molecule has 0 saturated heterocycles. The molecule has 0 heterocycles. The zero-order valence-corrected chi connectivity index (χ0v) is 29.3. The molecular formula is C38H72O4. The van der Waals surface area contributed by atoms with E-state index in [4.69, 9.17) is 9.47 Å². The van der Waals surface area contributed by atoms with Crippen molar-refractivity contribution in [3.05, 3.63) is 0 Å². The summed E-state index contributed by atoms with van der Waals surface area (Å²) in [5.41, 5.74) is -1.53. The van der Waals surface area contributed by atoms with E-state index in [0.29, 0.717) is 13.2 Å². The smallest absolute Gasteiger partial charge is 0.313 e. The van der Waals surface area contributed by atoms with Gasteiger partial charge in [-0.15, -0.1) is 0 Å². The predicted octanol–water partition coefficient (Wildman–Crippen LogP) is 11.6. The molecule has 1 aliphatic rings. The number of unbranched alkanes of at least 4 members (excludes halogenated alkanes) is 9. The minimum absolute atomic E-state index is 0.0827. The van der Waals surface area contributed by atoms with Gasteiger partial charge in [0.05, 0.1) is 24.0 Å². The summed E-state index contributed by atoms with van der Waals surface area (Å²) < 4.78 is 12.4. The molecule has 0 aliphatic heterocycles. The van der Waals surface area contributed by atoms with E-state index < -0.39 is 10.8 Å². The van der Waals surface area contributed by atoms with Crippen molar-refractivity contribution >= 4 is 11.9 Å². The zero-order valence-electron chi connectivity index (χ0n) is 29.3. The van der Waals surface area contributed by atoms with E-state index in [1.165, 1.54) is 38.5 Å². The molecule has 4 nitrogen and oxygen atoms in total. The summed E-state index contributed by atoms with van der Waals surface area (Å²) >= 11 is 0. The average Bonchev–Trinajstić information content (AvgIpc) is 2.96. The van der Waals surface area contributed by atoms with Crippen molar-refractivity contribution in [3.8, 4) is 0 Å². The van der Waals surface area contributed by atoms with Gasteiger partial charge in [-0.05, 0) is 62.7 Å². The Labute approximate surface area is 262 Å². The van der Waals surface area contributed by atoms with Gasteiger partial charge in [-0.2, -0.15) is 0 Å². The van der Waals surface area contributed by atoms with E-state index in [1.807, 2.05) is 0 Å². The van der Waals surface area contributed by atoms with Crippen molar-refractivity contribution in [1.29, 1.82) is 0 Å². The van der Waals surface area contributed by atoms with Crippen molar-refractivity contribution < 1.29 is 19.1 Å². The molecule has 0 spiro atoms. The van der Waals surface area contributed by atoms with Gasteiger partial charge in [-0.1, -0.05) is 145 Å². The number of carbonyl (C=O) groups excluding carboxylic acids is 2.